The number of rotatable bonds is 5. The Morgan fingerprint density at radius 3 is 2.28 bits per heavy atom. The van der Waals surface area contributed by atoms with Crippen molar-refractivity contribution in [1.29, 1.82) is 0 Å². The average molecular weight is 253 g/mol. The Morgan fingerprint density at radius 2 is 1.78 bits per heavy atom. The molecule has 1 N–H and O–H groups in total. The van der Waals surface area contributed by atoms with Crippen LogP contribution in [0.1, 0.15) is 46.0 Å². The fraction of sp³-hybridized carbons (Fsp3) is 0.857. The second-order valence-electron chi connectivity index (χ2n) is 6.01. The molecular weight excluding hydrogens is 230 g/mol. The van der Waals surface area contributed by atoms with E-state index < -0.39 is 11.9 Å². The lowest BCUT2D eigenvalue weighted by atomic mass is 9.94. The van der Waals surface area contributed by atoms with Gasteiger partial charge in [0.2, 0.25) is 5.91 Å². The Hall–Kier alpha value is -1.06. The normalized spacial score (nSPS) is 27.5. The first-order valence-corrected chi connectivity index (χ1v) is 7.04. The lowest BCUT2D eigenvalue weighted by Gasteiger charge is -2.30. The monoisotopic (exact) mass is 253 g/mol. The molecule has 0 aromatic heterocycles. The fourth-order valence-electron chi connectivity index (χ4n) is 2.90. The zero-order chi connectivity index (χ0) is 13.3. The van der Waals surface area contributed by atoms with Crippen LogP contribution in [-0.4, -0.2) is 34.5 Å². The molecule has 0 radical (unpaired) electrons. The van der Waals surface area contributed by atoms with Crippen molar-refractivity contribution >= 4 is 11.9 Å². The number of amides is 1. The van der Waals surface area contributed by atoms with Crippen LogP contribution >= 0.6 is 0 Å². The molecule has 2 rings (SSSR count). The average Bonchev–Trinajstić information content (AvgIpc) is 2.97. The van der Waals surface area contributed by atoms with Gasteiger partial charge in [-0.05, 0) is 45.4 Å². The molecule has 0 aromatic carbocycles. The third kappa shape index (κ3) is 2.85. The molecular formula is C14H23NO3. The van der Waals surface area contributed by atoms with E-state index in [2.05, 4.69) is 0 Å². The van der Waals surface area contributed by atoms with Gasteiger partial charge in [0.25, 0.3) is 0 Å². The predicted octanol–water partition coefficient (Wildman–Crippen LogP) is 2.13. The van der Waals surface area contributed by atoms with Crippen LogP contribution in [0.5, 0.6) is 0 Å². The molecule has 4 nitrogen and oxygen atoms in total. The van der Waals surface area contributed by atoms with Crippen molar-refractivity contribution in [2.24, 2.45) is 17.8 Å². The Balaban J connectivity index is 2.04. The standard InChI is InChI=1S/C14H23NO3/c1-9(2)15(8-10-6-7-10)13(16)11-4-3-5-12(11)14(17)18/h9-12H,3-8H2,1-2H3,(H,17,18). The number of carbonyl (C=O) groups excluding carboxylic acids is 1. The molecule has 2 atom stereocenters. The number of nitrogens with zero attached hydrogens (tertiary/aromatic N) is 1. The van der Waals surface area contributed by atoms with Crippen LogP contribution in [0, 0.1) is 17.8 Å². The Morgan fingerprint density at radius 1 is 1.17 bits per heavy atom. The van der Waals surface area contributed by atoms with Crippen LogP contribution in [0.3, 0.4) is 0 Å². The van der Waals surface area contributed by atoms with E-state index in [4.69, 9.17) is 0 Å². The molecule has 2 unspecified atom stereocenters. The van der Waals surface area contributed by atoms with Crippen LogP contribution in [0.4, 0.5) is 0 Å². The molecule has 0 aliphatic heterocycles. The Labute approximate surface area is 108 Å². The molecule has 102 valence electrons. The first kappa shape index (κ1) is 13.4. The van der Waals surface area contributed by atoms with Gasteiger partial charge in [-0.3, -0.25) is 9.59 Å². The second kappa shape index (κ2) is 5.29. The summed E-state index contributed by atoms with van der Waals surface area (Å²) in [6.07, 6.45) is 4.68. The number of carboxylic acid groups (broad SMARTS) is 1. The smallest absolute Gasteiger partial charge is 0.307 e. The quantitative estimate of drug-likeness (QED) is 0.816. The van der Waals surface area contributed by atoms with Crippen LogP contribution in [0.25, 0.3) is 0 Å². The number of carbonyl (C=O) groups is 2. The third-order valence-electron chi connectivity index (χ3n) is 4.21. The molecule has 0 spiro atoms. The third-order valence-corrected chi connectivity index (χ3v) is 4.21. The number of hydrogen-bond acceptors (Lipinski definition) is 2. The molecule has 4 heteroatoms. The maximum absolute atomic E-state index is 12.5. The summed E-state index contributed by atoms with van der Waals surface area (Å²) in [7, 11) is 0. The van der Waals surface area contributed by atoms with Gasteiger partial charge in [0.15, 0.2) is 0 Å². The van der Waals surface area contributed by atoms with Gasteiger partial charge in [-0.1, -0.05) is 6.42 Å². The minimum atomic E-state index is -0.805. The van der Waals surface area contributed by atoms with Crippen molar-refractivity contribution in [2.45, 2.75) is 52.0 Å². The van der Waals surface area contributed by atoms with E-state index in [1.165, 1.54) is 12.8 Å². The number of aliphatic carboxylic acids is 1. The SMILES string of the molecule is CC(C)N(CC1CC1)C(=O)C1CCCC1C(=O)O. The van der Waals surface area contributed by atoms with Gasteiger partial charge in [0.1, 0.15) is 0 Å². The molecule has 0 saturated heterocycles. The van der Waals surface area contributed by atoms with Crippen molar-refractivity contribution in [3.63, 3.8) is 0 Å². The van der Waals surface area contributed by atoms with E-state index in [9.17, 15) is 14.7 Å². The highest BCUT2D eigenvalue weighted by molar-refractivity contribution is 5.85. The topological polar surface area (TPSA) is 57.6 Å². The van der Waals surface area contributed by atoms with Crippen LogP contribution < -0.4 is 0 Å². The zero-order valence-corrected chi connectivity index (χ0v) is 11.3. The van der Waals surface area contributed by atoms with E-state index in [1.807, 2.05) is 18.7 Å². The molecule has 2 aliphatic rings. The lowest BCUT2D eigenvalue weighted by Crippen LogP contribution is -2.44. The van der Waals surface area contributed by atoms with Crippen LogP contribution in [0.15, 0.2) is 0 Å². The summed E-state index contributed by atoms with van der Waals surface area (Å²) in [6.45, 7) is 4.86. The molecule has 2 aliphatic carbocycles. The summed E-state index contributed by atoms with van der Waals surface area (Å²) >= 11 is 0. The summed E-state index contributed by atoms with van der Waals surface area (Å²) in [5, 5.41) is 9.18. The maximum atomic E-state index is 12.5. The van der Waals surface area contributed by atoms with Gasteiger partial charge in [-0.15, -0.1) is 0 Å². The summed E-state index contributed by atoms with van der Waals surface area (Å²) in [4.78, 5) is 25.6. The summed E-state index contributed by atoms with van der Waals surface area (Å²) in [5.74, 6) is -0.828. The van der Waals surface area contributed by atoms with Crippen LogP contribution in [-0.2, 0) is 9.59 Å². The van der Waals surface area contributed by atoms with Gasteiger partial charge < -0.3 is 10.0 Å². The summed E-state index contributed by atoms with van der Waals surface area (Å²) in [5.41, 5.74) is 0. The second-order valence-corrected chi connectivity index (χ2v) is 6.01. The minimum absolute atomic E-state index is 0.0711. The Kier molecular flexibility index (Phi) is 3.93. The van der Waals surface area contributed by atoms with Crippen molar-refractivity contribution in [2.75, 3.05) is 6.54 Å². The van der Waals surface area contributed by atoms with E-state index >= 15 is 0 Å². The molecule has 2 saturated carbocycles. The highest BCUT2D eigenvalue weighted by Crippen LogP contribution is 2.36. The van der Waals surface area contributed by atoms with Crippen molar-refractivity contribution in [1.82, 2.24) is 4.90 Å². The van der Waals surface area contributed by atoms with Crippen molar-refractivity contribution in [3.8, 4) is 0 Å². The van der Waals surface area contributed by atoms with Crippen LogP contribution in [0.2, 0.25) is 0 Å². The highest BCUT2D eigenvalue weighted by atomic mass is 16.4. The molecule has 0 bridgehead atoms. The zero-order valence-electron chi connectivity index (χ0n) is 11.3. The molecule has 2 fully saturated rings. The van der Waals surface area contributed by atoms with Crippen molar-refractivity contribution < 1.29 is 14.7 Å². The molecule has 0 heterocycles. The maximum Gasteiger partial charge on any atom is 0.307 e. The Bertz CT molecular complexity index is 336. The first-order valence-electron chi connectivity index (χ1n) is 7.04. The molecule has 0 aromatic rings. The number of carboxylic acids is 1. The molecule has 1 amide bonds. The number of hydrogen-bond donors (Lipinski definition) is 1. The minimum Gasteiger partial charge on any atom is -0.481 e. The highest BCUT2D eigenvalue weighted by Gasteiger charge is 2.41. The van der Waals surface area contributed by atoms with Gasteiger partial charge in [0, 0.05) is 12.6 Å². The first-order chi connectivity index (χ1) is 8.50. The lowest BCUT2D eigenvalue weighted by molar-refractivity contribution is -0.150. The summed E-state index contributed by atoms with van der Waals surface area (Å²) < 4.78 is 0. The van der Waals surface area contributed by atoms with Gasteiger partial charge in [0.05, 0.1) is 11.8 Å². The largest absolute Gasteiger partial charge is 0.481 e. The molecule has 18 heavy (non-hydrogen) atoms. The fourth-order valence-corrected chi connectivity index (χ4v) is 2.90. The van der Waals surface area contributed by atoms with E-state index in [0.29, 0.717) is 12.3 Å². The predicted molar refractivity (Wildman–Crippen MR) is 68.0 cm³/mol. The summed E-state index contributed by atoms with van der Waals surface area (Å²) in [6, 6.07) is 0.174. The van der Waals surface area contributed by atoms with E-state index in [0.717, 1.165) is 19.4 Å². The van der Waals surface area contributed by atoms with Gasteiger partial charge in [-0.2, -0.15) is 0 Å². The van der Waals surface area contributed by atoms with Gasteiger partial charge >= 0.3 is 5.97 Å². The van der Waals surface area contributed by atoms with E-state index in [1.54, 1.807) is 0 Å². The van der Waals surface area contributed by atoms with Crippen molar-refractivity contribution in [3.05, 3.63) is 0 Å². The van der Waals surface area contributed by atoms with Gasteiger partial charge in [-0.25, -0.2) is 0 Å². The van der Waals surface area contributed by atoms with E-state index in [-0.39, 0.29) is 17.9 Å².